The van der Waals surface area contributed by atoms with Crippen LogP contribution in [-0.4, -0.2) is 40.8 Å². The topological polar surface area (TPSA) is 91.2 Å². The van der Waals surface area contributed by atoms with Gasteiger partial charge in [0.1, 0.15) is 6.04 Å². The predicted molar refractivity (Wildman–Crippen MR) is 118 cm³/mol. The third-order valence-electron chi connectivity index (χ3n) is 5.97. The zero-order valence-electron chi connectivity index (χ0n) is 17.0. The molecule has 6 nitrogen and oxygen atoms in total. The molecule has 1 atom stereocenters. The number of nitrogens with one attached hydrogen (secondary N) is 2. The van der Waals surface area contributed by atoms with Gasteiger partial charge in [-0.15, -0.1) is 0 Å². The minimum atomic E-state index is -0.677. The number of benzene rings is 2. The van der Waals surface area contributed by atoms with Crippen molar-refractivity contribution in [2.24, 2.45) is 11.7 Å². The highest BCUT2D eigenvalue weighted by Gasteiger charge is 2.28. The third-order valence-corrected chi connectivity index (χ3v) is 5.97. The summed E-state index contributed by atoms with van der Waals surface area (Å²) in [4.78, 5) is 30.3. The SMILES string of the molecule is NC(=O)[C@H](Cc1ccccc1)NC(=O)C1CCN(Cc2c[nH]c3ccccc23)CC1. The van der Waals surface area contributed by atoms with Gasteiger partial charge in [0.05, 0.1) is 0 Å². The summed E-state index contributed by atoms with van der Waals surface area (Å²) in [6.45, 7) is 2.59. The molecule has 0 spiro atoms. The van der Waals surface area contributed by atoms with E-state index in [9.17, 15) is 9.59 Å². The first kappa shape index (κ1) is 20.2. The molecule has 1 fully saturated rings. The minimum Gasteiger partial charge on any atom is -0.368 e. The standard InChI is InChI=1S/C24H28N4O2/c25-23(29)22(14-17-6-2-1-3-7-17)27-24(30)18-10-12-28(13-11-18)16-19-15-26-21-9-5-4-8-20(19)21/h1-9,15,18,22,26H,10-14,16H2,(H2,25,29)(H,27,30)/t22-/m0/s1. The molecule has 30 heavy (non-hydrogen) atoms. The van der Waals surface area contributed by atoms with E-state index in [-0.39, 0.29) is 11.8 Å². The summed E-state index contributed by atoms with van der Waals surface area (Å²) >= 11 is 0. The lowest BCUT2D eigenvalue weighted by atomic mass is 9.94. The first-order chi connectivity index (χ1) is 14.6. The van der Waals surface area contributed by atoms with Gasteiger partial charge in [-0.1, -0.05) is 48.5 Å². The number of amides is 2. The van der Waals surface area contributed by atoms with Crippen molar-refractivity contribution in [1.29, 1.82) is 0 Å². The number of rotatable bonds is 7. The molecule has 0 bridgehead atoms. The number of hydrogen-bond acceptors (Lipinski definition) is 3. The average molecular weight is 405 g/mol. The molecule has 4 N–H and O–H groups in total. The fourth-order valence-electron chi connectivity index (χ4n) is 4.22. The second kappa shape index (κ2) is 9.13. The summed E-state index contributed by atoms with van der Waals surface area (Å²) in [5.41, 5.74) is 8.96. The highest BCUT2D eigenvalue weighted by molar-refractivity contribution is 5.88. The fourth-order valence-corrected chi connectivity index (χ4v) is 4.22. The van der Waals surface area contributed by atoms with E-state index in [4.69, 9.17) is 5.73 Å². The van der Waals surface area contributed by atoms with Crippen LogP contribution in [0.25, 0.3) is 10.9 Å². The number of aromatic amines is 1. The second-order valence-electron chi connectivity index (χ2n) is 8.06. The Morgan fingerprint density at radius 1 is 1.07 bits per heavy atom. The molecule has 6 heteroatoms. The largest absolute Gasteiger partial charge is 0.368 e. The van der Waals surface area contributed by atoms with Crippen LogP contribution in [0.5, 0.6) is 0 Å². The lowest BCUT2D eigenvalue weighted by molar-refractivity contribution is -0.131. The number of nitrogens with zero attached hydrogens (tertiary/aromatic N) is 1. The van der Waals surface area contributed by atoms with Crippen LogP contribution in [0.2, 0.25) is 0 Å². The Morgan fingerprint density at radius 2 is 1.77 bits per heavy atom. The molecule has 2 amide bonds. The highest BCUT2D eigenvalue weighted by Crippen LogP contribution is 2.23. The third kappa shape index (κ3) is 4.71. The minimum absolute atomic E-state index is 0.0681. The van der Waals surface area contributed by atoms with Crippen LogP contribution in [0.3, 0.4) is 0 Å². The van der Waals surface area contributed by atoms with Gasteiger partial charge in [0.15, 0.2) is 0 Å². The van der Waals surface area contributed by atoms with E-state index >= 15 is 0 Å². The maximum Gasteiger partial charge on any atom is 0.240 e. The Balaban J connectivity index is 1.30. The lowest BCUT2D eigenvalue weighted by Gasteiger charge is -2.31. The van der Waals surface area contributed by atoms with Crippen LogP contribution in [0.1, 0.15) is 24.0 Å². The number of nitrogens with two attached hydrogens (primary N) is 1. The van der Waals surface area contributed by atoms with E-state index in [1.165, 1.54) is 10.9 Å². The number of primary amides is 1. The molecule has 2 aromatic carbocycles. The quantitative estimate of drug-likeness (QED) is 0.565. The number of aromatic nitrogens is 1. The van der Waals surface area contributed by atoms with Crippen molar-refractivity contribution in [3.8, 4) is 0 Å². The molecular formula is C24H28N4O2. The number of H-pyrrole nitrogens is 1. The summed E-state index contributed by atoms with van der Waals surface area (Å²) < 4.78 is 0. The summed E-state index contributed by atoms with van der Waals surface area (Å²) in [5.74, 6) is -0.646. The Morgan fingerprint density at radius 3 is 2.50 bits per heavy atom. The smallest absolute Gasteiger partial charge is 0.240 e. The summed E-state index contributed by atoms with van der Waals surface area (Å²) in [7, 11) is 0. The molecule has 0 aliphatic carbocycles. The van der Waals surface area contributed by atoms with Crippen LogP contribution >= 0.6 is 0 Å². The summed E-state index contributed by atoms with van der Waals surface area (Å²) in [5, 5.41) is 4.13. The van der Waals surface area contributed by atoms with Gasteiger partial charge in [-0.25, -0.2) is 0 Å². The second-order valence-corrected chi connectivity index (χ2v) is 8.06. The first-order valence-corrected chi connectivity index (χ1v) is 10.5. The Hall–Kier alpha value is -3.12. The van der Waals surface area contributed by atoms with Crippen LogP contribution in [0, 0.1) is 5.92 Å². The van der Waals surface area contributed by atoms with Gasteiger partial charge in [-0.05, 0) is 43.1 Å². The number of likely N-dealkylation sites (tertiary alicyclic amines) is 1. The highest BCUT2D eigenvalue weighted by atomic mass is 16.2. The Kier molecular flexibility index (Phi) is 6.14. The normalized spacial score (nSPS) is 16.4. The van der Waals surface area contributed by atoms with Crippen LogP contribution in [0.4, 0.5) is 0 Å². The van der Waals surface area contributed by atoms with Gasteiger partial charge in [-0.2, -0.15) is 0 Å². The Bertz CT molecular complexity index is 1010. The lowest BCUT2D eigenvalue weighted by Crippen LogP contribution is -2.49. The fraction of sp³-hybridized carbons (Fsp3) is 0.333. The molecular weight excluding hydrogens is 376 g/mol. The van der Waals surface area contributed by atoms with Gasteiger partial charge in [-0.3, -0.25) is 14.5 Å². The number of piperidine rings is 1. The molecule has 156 valence electrons. The van der Waals surface area contributed by atoms with E-state index in [0.717, 1.165) is 43.6 Å². The van der Waals surface area contributed by atoms with Crippen molar-refractivity contribution < 1.29 is 9.59 Å². The molecule has 4 rings (SSSR count). The molecule has 1 aromatic heterocycles. The number of hydrogen-bond donors (Lipinski definition) is 3. The zero-order chi connectivity index (χ0) is 20.9. The van der Waals surface area contributed by atoms with Crippen molar-refractivity contribution in [2.45, 2.75) is 31.8 Å². The van der Waals surface area contributed by atoms with Crippen molar-refractivity contribution in [3.05, 3.63) is 71.9 Å². The van der Waals surface area contributed by atoms with Crippen LogP contribution in [-0.2, 0) is 22.6 Å². The first-order valence-electron chi connectivity index (χ1n) is 10.5. The van der Waals surface area contributed by atoms with Crippen molar-refractivity contribution in [1.82, 2.24) is 15.2 Å². The summed E-state index contributed by atoms with van der Waals surface area (Å²) in [6, 6.07) is 17.3. The molecule has 1 aliphatic rings. The Labute approximate surface area is 176 Å². The summed E-state index contributed by atoms with van der Waals surface area (Å²) in [6.07, 6.45) is 4.06. The maximum absolute atomic E-state index is 12.8. The molecule has 0 unspecified atom stereocenters. The van der Waals surface area contributed by atoms with Gasteiger partial charge in [0.2, 0.25) is 11.8 Å². The number of carbonyl (C=O) groups is 2. The molecule has 2 heterocycles. The number of para-hydroxylation sites is 1. The van der Waals surface area contributed by atoms with Crippen molar-refractivity contribution in [2.75, 3.05) is 13.1 Å². The van der Waals surface area contributed by atoms with E-state index in [1.54, 1.807) is 0 Å². The van der Waals surface area contributed by atoms with Crippen molar-refractivity contribution >= 4 is 22.7 Å². The molecule has 1 aliphatic heterocycles. The van der Waals surface area contributed by atoms with Gasteiger partial charge >= 0.3 is 0 Å². The van der Waals surface area contributed by atoms with E-state index in [1.807, 2.05) is 36.4 Å². The van der Waals surface area contributed by atoms with Gasteiger partial charge in [0.25, 0.3) is 0 Å². The van der Waals surface area contributed by atoms with Crippen LogP contribution < -0.4 is 11.1 Å². The van der Waals surface area contributed by atoms with Gasteiger partial charge < -0.3 is 16.0 Å². The zero-order valence-corrected chi connectivity index (χ0v) is 17.0. The van der Waals surface area contributed by atoms with E-state index in [0.29, 0.717) is 6.42 Å². The predicted octanol–water partition coefficient (Wildman–Crippen LogP) is 2.59. The van der Waals surface area contributed by atoms with E-state index in [2.05, 4.69) is 39.6 Å². The molecule has 3 aromatic rings. The maximum atomic E-state index is 12.8. The number of carbonyl (C=O) groups excluding carboxylic acids is 2. The van der Waals surface area contributed by atoms with Crippen molar-refractivity contribution in [3.63, 3.8) is 0 Å². The average Bonchev–Trinajstić information content (AvgIpc) is 3.17. The molecule has 1 saturated heterocycles. The monoisotopic (exact) mass is 404 g/mol. The number of fused-ring (bicyclic) bond motifs is 1. The molecule has 0 saturated carbocycles. The molecule has 0 radical (unpaired) electrons. The van der Waals surface area contributed by atoms with Crippen LogP contribution in [0.15, 0.2) is 60.8 Å². The van der Waals surface area contributed by atoms with Gasteiger partial charge in [0, 0.05) is 36.0 Å². The van der Waals surface area contributed by atoms with E-state index < -0.39 is 11.9 Å².